The van der Waals surface area contributed by atoms with Gasteiger partial charge in [-0.1, -0.05) is 29.8 Å². The van der Waals surface area contributed by atoms with Crippen LogP contribution in [0.2, 0.25) is 5.15 Å². The number of benzene rings is 1. The van der Waals surface area contributed by atoms with Gasteiger partial charge >= 0.3 is 0 Å². The van der Waals surface area contributed by atoms with Crippen molar-refractivity contribution in [3.8, 4) is 0 Å². The van der Waals surface area contributed by atoms with Crippen LogP contribution in [0.1, 0.15) is 0 Å². The molecule has 0 amide bonds. The van der Waals surface area contributed by atoms with E-state index in [0.717, 1.165) is 5.69 Å². The molecule has 2 rings (SSSR count). The van der Waals surface area contributed by atoms with Crippen molar-refractivity contribution in [3.63, 3.8) is 0 Å². The van der Waals surface area contributed by atoms with Gasteiger partial charge in [0.15, 0.2) is 0 Å². The van der Waals surface area contributed by atoms with Crippen LogP contribution in [0.3, 0.4) is 0 Å². The molecule has 4 heteroatoms. The van der Waals surface area contributed by atoms with Crippen LogP contribution in [-0.4, -0.2) is 9.97 Å². The molecule has 0 aliphatic rings. The summed E-state index contributed by atoms with van der Waals surface area (Å²) in [4.78, 5) is 8.04. The van der Waals surface area contributed by atoms with E-state index in [1.165, 1.54) is 0 Å². The number of halogens is 1. The van der Waals surface area contributed by atoms with E-state index in [0.29, 0.717) is 11.1 Å². The molecule has 0 saturated heterocycles. The highest BCUT2D eigenvalue weighted by Crippen LogP contribution is 2.12. The maximum Gasteiger partial charge on any atom is 0.228 e. The van der Waals surface area contributed by atoms with Crippen LogP contribution in [0, 0.1) is 0 Å². The van der Waals surface area contributed by atoms with Crippen LogP contribution in [0.4, 0.5) is 11.6 Å². The number of hydrogen-bond donors (Lipinski definition) is 1. The van der Waals surface area contributed by atoms with Gasteiger partial charge < -0.3 is 5.32 Å². The molecule has 1 aromatic heterocycles. The molecule has 0 bridgehead atoms. The highest BCUT2D eigenvalue weighted by molar-refractivity contribution is 6.29. The predicted molar refractivity (Wildman–Crippen MR) is 56.8 cm³/mol. The zero-order valence-corrected chi connectivity index (χ0v) is 8.07. The van der Waals surface area contributed by atoms with E-state index in [4.69, 9.17) is 11.6 Å². The van der Waals surface area contributed by atoms with Crippen molar-refractivity contribution < 1.29 is 0 Å². The number of anilines is 2. The molecule has 0 unspecified atom stereocenters. The molecular formula is C10H8ClN3. The van der Waals surface area contributed by atoms with Crippen molar-refractivity contribution in [2.45, 2.75) is 0 Å². The number of rotatable bonds is 2. The Kier molecular flexibility index (Phi) is 2.60. The second-order valence-corrected chi connectivity index (χ2v) is 3.08. The Balaban J connectivity index is 2.19. The highest BCUT2D eigenvalue weighted by atomic mass is 35.5. The standard InChI is InChI=1S/C10H8ClN3/c11-9-6-7-12-10(14-9)13-8-4-2-1-3-5-8/h1-7H,(H,12,13,14). The molecular weight excluding hydrogens is 198 g/mol. The molecule has 0 fully saturated rings. The summed E-state index contributed by atoms with van der Waals surface area (Å²) in [5, 5.41) is 3.47. The Bertz CT molecular complexity index is 417. The van der Waals surface area contributed by atoms with Gasteiger partial charge in [0.05, 0.1) is 0 Å². The third-order valence-corrected chi connectivity index (χ3v) is 1.86. The minimum atomic E-state index is 0.429. The summed E-state index contributed by atoms with van der Waals surface area (Å²) >= 11 is 5.72. The molecule has 2 aromatic rings. The first-order valence-electron chi connectivity index (χ1n) is 4.15. The summed E-state index contributed by atoms with van der Waals surface area (Å²) in [6.45, 7) is 0. The summed E-state index contributed by atoms with van der Waals surface area (Å²) in [6, 6.07) is 11.3. The minimum Gasteiger partial charge on any atom is -0.324 e. The second kappa shape index (κ2) is 4.07. The molecule has 70 valence electrons. The summed E-state index contributed by atoms with van der Waals surface area (Å²) in [7, 11) is 0. The lowest BCUT2D eigenvalue weighted by atomic mass is 10.3. The first-order valence-corrected chi connectivity index (χ1v) is 4.53. The van der Waals surface area contributed by atoms with Crippen molar-refractivity contribution in [3.05, 3.63) is 47.7 Å². The SMILES string of the molecule is Clc1ccnc(Nc2ccccc2)n1. The molecule has 0 atom stereocenters. The Morgan fingerprint density at radius 1 is 1.07 bits per heavy atom. The van der Waals surface area contributed by atoms with Gasteiger partial charge in [0.2, 0.25) is 5.95 Å². The second-order valence-electron chi connectivity index (χ2n) is 2.69. The van der Waals surface area contributed by atoms with E-state index in [1.54, 1.807) is 12.3 Å². The van der Waals surface area contributed by atoms with E-state index in [2.05, 4.69) is 15.3 Å². The van der Waals surface area contributed by atoms with Crippen molar-refractivity contribution in [2.75, 3.05) is 5.32 Å². The molecule has 1 N–H and O–H groups in total. The topological polar surface area (TPSA) is 37.8 Å². The molecule has 0 aliphatic carbocycles. The van der Waals surface area contributed by atoms with Crippen molar-refractivity contribution in [1.29, 1.82) is 0 Å². The van der Waals surface area contributed by atoms with Crippen LogP contribution in [0.25, 0.3) is 0 Å². The van der Waals surface area contributed by atoms with Gasteiger partial charge in [-0.3, -0.25) is 0 Å². The van der Waals surface area contributed by atoms with Crippen molar-refractivity contribution in [1.82, 2.24) is 9.97 Å². The Morgan fingerprint density at radius 3 is 2.57 bits per heavy atom. The summed E-state index contributed by atoms with van der Waals surface area (Å²) in [5.41, 5.74) is 0.940. The van der Waals surface area contributed by atoms with Gasteiger partial charge in [0.1, 0.15) is 5.15 Å². The number of para-hydroxylation sites is 1. The third kappa shape index (κ3) is 2.20. The Morgan fingerprint density at radius 2 is 1.86 bits per heavy atom. The van der Waals surface area contributed by atoms with Crippen LogP contribution in [0.5, 0.6) is 0 Å². The van der Waals surface area contributed by atoms with Gasteiger partial charge in [-0.05, 0) is 18.2 Å². The largest absolute Gasteiger partial charge is 0.324 e. The van der Waals surface area contributed by atoms with Crippen LogP contribution < -0.4 is 5.32 Å². The van der Waals surface area contributed by atoms with Crippen molar-refractivity contribution in [2.24, 2.45) is 0 Å². The monoisotopic (exact) mass is 205 g/mol. The average molecular weight is 206 g/mol. The molecule has 1 heterocycles. The van der Waals surface area contributed by atoms with Gasteiger partial charge in [-0.15, -0.1) is 0 Å². The van der Waals surface area contributed by atoms with E-state index in [9.17, 15) is 0 Å². The molecule has 0 radical (unpaired) electrons. The molecule has 3 nitrogen and oxygen atoms in total. The quantitative estimate of drug-likeness (QED) is 0.767. The Labute approximate surface area is 86.8 Å². The smallest absolute Gasteiger partial charge is 0.228 e. The first kappa shape index (κ1) is 8.97. The van der Waals surface area contributed by atoms with E-state index < -0.39 is 0 Å². The lowest BCUT2D eigenvalue weighted by Crippen LogP contribution is -1.95. The maximum atomic E-state index is 5.72. The normalized spacial score (nSPS) is 9.79. The predicted octanol–water partition coefficient (Wildman–Crippen LogP) is 2.87. The fourth-order valence-electron chi connectivity index (χ4n) is 1.05. The average Bonchev–Trinajstić information content (AvgIpc) is 2.19. The van der Waals surface area contributed by atoms with E-state index in [1.807, 2.05) is 30.3 Å². The third-order valence-electron chi connectivity index (χ3n) is 1.65. The zero-order valence-electron chi connectivity index (χ0n) is 7.31. The molecule has 14 heavy (non-hydrogen) atoms. The van der Waals surface area contributed by atoms with Crippen LogP contribution in [-0.2, 0) is 0 Å². The van der Waals surface area contributed by atoms with Gasteiger partial charge in [-0.25, -0.2) is 9.97 Å². The summed E-state index contributed by atoms with van der Waals surface area (Å²) in [5.74, 6) is 0.503. The lowest BCUT2D eigenvalue weighted by molar-refractivity contribution is 1.17. The Hall–Kier alpha value is -1.61. The van der Waals surface area contributed by atoms with Crippen molar-refractivity contribution >= 4 is 23.2 Å². The van der Waals surface area contributed by atoms with Gasteiger partial charge in [0.25, 0.3) is 0 Å². The highest BCUT2D eigenvalue weighted by Gasteiger charge is 1.96. The first-order chi connectivity index (χ1) is 6.84. The number of aromatic nitrogens is 2. The van der Waals surface area contributed by atoms with E-state index >= 15 is 0 Å². The minimum absolute atomic E-state index is 0.429. The van der Waals surface area contributed by atoms with Crippen LogP contribution in [0.15, 0.2) is 42.6 Å². The van der Waals surface area contributed by atoms with E-state index in [-0.39, 0.29) is 0 Å². The number of nitrogens with zero attached hydrogens (tertiary/aromatic N) is 2. The number of hydrogen-bond acceptors (Lipinski definition) is 3. The molecule has 0 aliphatic heterocycles. The van der Waals surface area contributed by atoms with Gasteiger partial charge in [-0.2, -0.15) is 0 Å². The molecule has 1 aromatic carbocycles. The number of nitrogens with one attached hydrogen (secondary N) is 1. The zero-order chi connectivity index (χ0) is 9.80. The molecule has 0 spiro atoms. The summed E-state index contributed by atoms with van der Waals surface area (Å²) in [6.07, 6.45) is 1.61. The van der Waals surface area contributed by atoms with Gasteiger partial charge in [0, 0.05) is 11.9 Å². The molecule has 0 saturated carbocycles. The lowest BCUT2D eigenvalue weighted by Gasteiger charge is -2.03. The maximum absolute atomic E-state index is 5.72. The fourth-order valence-corrected chi connectivity index (χ4v) is 1.18. The fraction of sp³-hybridized carbons (Fsp3) is 0. The van der Waals surface area contributed by atoms with Crippen LogP contribution >= 0.6 is 11.6 Å². The summed E-state index contributed by atoms with van der Waals surface area (Å²) < 4.78 is 0.